The zero-order chi connectivity index (χ0) is 14.0. The molecule has 6 heteroatoms. The fourth-order valence-electron chi connectivity index (χ4n) is 2.16. The standard InChI is InChI=1S/C13H20ClN5/c1-4-11-13(14)12(19(5-2)17-11)8-18-7-10(6-15)9(3)16-18/h7H,4-6,8,15H2,1-3H3. The molecule has 0 amide bonds. The maximum Gasteiger partial charge on any atom is 0.0869 e. The van der Waals surface area contributed by atoms with Crippen molar-refractivity contribution in [3.63, 3.8) is 0 Å². The van der Waals surface area contributed by atoms with Gasteiger partial charge in [0.2, 0.25) is 0 Å². The van der Waals surface area contributed by atoms with Gasteiger partial charge in [-0.1, -0.05) is 18.5 Å². The Morgan fingerprint density at radius 3 is 2.58 bits per heavy atom. The third-order valence-electron chi connectivity index (χ3n) is 3.27. The Morgan fingerprint density at radius 1 is 1.32 bits per heavy atom. The lowest BCUT2D eigenvalue weighted by Gasteiger charge is -2.05. The van der Waals surface area contributed by atoms with Crippen LogP contribution in [0.4, 0.5) is 0 Å². The van der Waals surface area contributed by atoms with E-state index in [-0.39, 0.29) is 0 Å². The number of rotatable bonds is 5. The van der Waals surface area contributed by atoms with Gasteiger partial charge in [-0.05, 0) is 20.3 Å². The average Bonchev–Trinajstić information content (AvgIpc) is 2.91. The largest absolute Gasteiger partial charge is 0.326 e. The molecule has 19 heavy (non-hydrogen) atoms. The van der Waals surface area contributed by atoms with Gasteiger partial charge >= 0.3 is 0 Å². The van der Waals surface area contributed by atoms with Crippen molar-refractivity contribution in [2.45, 2.75) is 46.8 Å². The summed E-state index contributed by atoms with van der Waals surface area (Å²) in [6.45, 7) is 8.02. The Balaban J connectivity index is 2.34. The van der Waals surface area contributed by atoms with Gasteiger partial charge in [0.1, 0.15) is 0 Å². The van der Waals surface area contributed by atoms with Gasteiger partial charge in [0.15, 0.2) is 0 Å². The Morgan fingerprint density at radius 2 is 2.05 bits per heavy atom. The fourth-order valence-corrected chi connectivity index (χ4v) is 2.49. The number of nitrogens with two attached hydrogens (primary N) is 1. The Kier molecular flexibility index (Phi) is 4.27. The van der Waals surface area contributed by atoms with Crippen molar-refractivity contribution in [3.8, 4) is 0 Å². The summed E-state index contributed by atoms with van der Waals surface area (Å²) in [4.78, 5) is 0. The Bertz CT molecular complexity index is 570. The molecule has 0 aliphatic heterocycles. The first-order valence-corrected chi connectivity index (χ1v) is 6.95. The molecule has 0 saturated carbocycles. The van der Waals surface area contributed by atoms with E-state index in [0.717, 1.165) is 40.6 Å². The third kappa shape index (κ3) is 2.67. The molecule has 0 atom stereocenters. The van der Waals surface area contributed by atoms with Crippen LogP contribution in [0, 0.1) is 6.92 Å². The normalized spacial score (nSPS) is 11.2. The van der Waals surface area contributed by atoms with E-state index < -0.39 is 0 Å². The molecule has 2 aromatic heterocycles. The van der Waals surface area contributed by atoms with Crippen LogP contribution in [0.2, 0.25) is 5.02 Å². The van der Waals surface area contributed by atoms with E-state index in [1.807, 2.05) is 22.5 Å². The summed E-state index contributed by atoms with van der Waals surface area (Å²) in [5.74, 6) is 0. The lowest BCUT2D eigenvalue weighted by molar-refractivity contribution is 0.572. The summed E-state index contributed by atoms with van der Waals surface area (Å²) in [5.41, 5.74) is 9.66. The van der Waals surface area contributed by atoms with Gasteiger partial charge in [-0.3, -0.25) is 9.36 Å². The van der Waals surface area contributed by atoms with Crippen LogP contribution in [-0.4, -0.2) is 19.6 Å². The molecule has 0 spiro atoms. The highest BCUT2D eigenvalue weighted by Crippen LogP contribution is 2.22. The minimum Gasteiger partial charge on any atom is -0.326 e. The molecule has 0 bridgehead atoms. The number of hydrogen-bond donors (Lipinski definition) is 1. The molecule has 5 nitrogen and oxygen atoms in total. The van der Waals surface area contributed by atoms with Crippen LogP contribution in [-0.2, 0) is 26.1 Å². The highest BCUT2D eigenvalue weighted by molar-refractivity contribution is 6.31. The lowest BCUT2D eigenvalue weighted by Crippen LogP contribution is -2.09. The van der Waals surface area contributed by atoms with Crippen LogP contribution in [0.15, 0.2) is 6.20 Å². The molecule has 0 unspecified atom stereocenters. The van der Waals surface area contributed by atoms with Gasteiger partial charge in [-0.2, -0.15) is 10.2 Å². The quantitative estimate of drug-likeness (QED) is 0.913. The average molecular weight is 282 g/mol. The van der Waals surface area contributed by atoms with Gasteiger partial charge in [-0.25, -0.2) is 0 Å². The molecule has 0 aliphatic carbocycles. The van der Waals surface area contributed by atoms with Gasteiger partial charge in [-0.15, -0.1) is 0 Å². The van der Waals surface area contributed by atoms with Crippen molar-refractivity contribution in [1.29, 1.82) is 0 Å². The van der Waals surface area contributed by atoms with Gasteiger partial charge < -0.3 is 5.73 Å². The Labute approximate surface area is 118 Å². The van der Waals surface area contributed by atoms with Crippen molar-refractivity contribution in [2.24, 2.45) is 5.73 Å². The molecule has 2 heterocycles. The van der Waals surface area contributed by atoms with E-state index in [4.69, 9.17) is 17.3 Å². The van der Waals surface area contributed by atoms with E-state index in [9.17, 15) is 0 Å². The van der Waals surface area contributed by atoms with E-state index in [0.29, 0.717) is 13.1 Å². The van der Waals surface area contributed by atoms with Gasteiger partial charge in [0.25, 0.3) is 0 Å². The van der Waals surface area contributed by atoms with Crippen molar-refractivity contribution < 1.29 is 0 Å². The third-order valence-corrected chi connectivity index (χ3v) is 3.71. The molecule has 2 N–H and O–H groups in total. The highest BCUT2D eigenvalue weighted by atomic mass is 35.5. The number of nitrogens with zero attached hydrogens (tertiary/aromatic N) is 4. The minimum atomic E-state index is 0.507. The van der Waals surface area contributed by atoms with Crippen molar-refractivity contribution in [3.05, 3.63) is 33.9 Å². The van der Waals surface area contributed by atoms with Crippen LogP contribution >= 0.6 is 11.6 Å². The lowest BCUT2D eigenvalue weighted by atomic mass is 10.3. The molecule has 2 aromatic rings. The van der Waals surface area contributed by atoms with Crippen molar-refractivity contribution >= 4 is 11.6 Å². The SMILES string of the molecule is CCc1nn(CC)c(Cn2cc(CN)c(C)n2)c1Cl. The number of halogens is 1. The zero-order valence-corrected chi connectivity index (χ0v) is 12.4. The first kappa shape index (κ1) is 14.1. The van der Waals surface area contributed by atoms with Crippen LogP contribution in [0.3, 0.4) is 0 Å². The topological polar surface area (TPSA) is 61.7 Å². The molecular formula is C13H20ClN5. The maximum absolute atomic E-state index is 6.39. The first-order valence-electron chi connectivity index (χ1n) is 6.57. The second kappa shape index (κ2) is 5.75. The summed E-state index contributed by atoms with van der Waals surface area (Å²) < 4.78 is 3.83. The maximum atomic E-state index is 6.39. The van der Waals surface area contributed by atoms with Gasteiger partial charge in [0, 0.05) is 24.8 Å². The minimum absolute atomic E-state index is 0.507. The monoisotopic (exact) mass is 281 g/mol. The molecular weight excluding hydrogens is 262 g/mol. The van der Waals surface area contributed by atoms with Crippen LogP contribution < -0.4 is 5.73 Å². The van der Waals surface area contributed by atoms with E-state index >= 15 is 0 Å². The summed E-state index contributed by atoms with van der Waals surface area (Å²) >= 11 is 6.39. The van der Waals surface area contributed by atoms with E-state index in [1.54, 1.807) is 0 Å². The second-order valence-electron chi connectivity index (χ2n) is 4.52. The predicted octanol–water partition coefficient (Wildman–Crippen LogP) is 2.13. The summed E-state index contributed by atoms with van der Waals surface area (Å²) in [6.07, 6.45) is 2.81. The van der Waals surface area contributed by atoms with Crippen molar-refractivity contribution in [1.82, 2.24) is 19.6 Å². The summed E-state index contributed by atoms with van der Waals surface area (Å²) in [6, 6.07) is 0. The van der Waals surface area contributed by atoms with Crippen LogP contribution in [0.1, 0.15) is 36.5 Å². The number of aromatic nitrogens is 4. The predicted molar refractivity (Wildman–Crippen MR) is 76.2 cm³/mol. The fraction of sp³-hybridized carbons (Fsp3) is 0.538. The first-order chi connectivity index (χ1) is 9.10. The molecule has 0 saturated heterocycles. The Hall–Kier alpha value is -1.33. The molecule has 2 rings (SSSR count). The molecule has 0 aromatic carbocycles. The number of hydrogen-bond acceptors (Lipinski definition) is 3. The summed E-state index contributed by atoms with van der Waals surface area (Å²) in [5, 5.41) is 9.73. The van der Waals surface area contributed by atoms with Crippen molar-refractivity contribution in [2.75, 3.05) is 0 Å². The van der Waals surface area contributed by atoms with Crippen LogP contribution in [0.5, 0.6) is 0 Å². The summed E-state index contributed by atoms with van der Waals surface area (Å²) in [7, 11) is 0. The number of aryl methyl sites for hydroxylation is 3. The van der Waals surface area contributed by atoms with Crippen LogP contribution in [0.25, 0.3) is 0 Å². The highest BCUT2D eigenvalue weighted by Gasteiger charge is 2.15. The molecule has 0 fully saturated rings. The molecule has 0 radical (unpaired) electrons. The second-order valence-corrected chi connectivity index (χ2v) is 4.90. The van der Waals surface area contributed by atoms with E-state index in [1.165, 1.54) is 0 Å². The zero-order valence-electron chi connectivity index (χ0n) is 11.6. The smallest absolute Gasteiger partial charge is 0.0869 e. The van der Waals surface area contributed by atoms with E-state index in [2.05, 4.69) is 24.0 Å². The molecule has 0 aliphatic rings. The van der Waals surface area contributed by atoms with Gasteiger partial charge in [0.05, 0.1) is 28.6 Å². The molecule has 104 valence electrons.